The summed E-state index contributed by atoms with van der Waals surface area (Å²) >= 11 is 1.50. The van der Waals surface area contributed by atoms with E-state index in [2.05, 4.69) is 25.9 Å². The zero-order chi connectivity index (χ0) is 19.6. The molecule has 1 aromatic rings. The third kappa shape index (κ3) is 2.22. The molecule has 2 aliphatic carbocycles. The SMILES string of the molecule is COC(=O)C1=NN(c2ccc([N+](=O)[O-])cc2)[C@]2(C[C@H]3CC[C@]2(C)C3(C)C)S1. The van der Waals surface area contributed by atoms with Crippen LogP contribution in [0.3, 0.4) is 0 Å². The Hall–Kier alpha value is -2.09. The molecule has 0 aromatic heterocycles. The summed E-state index contributed by atoms with van der Waals surface area (Å²) in [5.74, 6) is 0.107. The van der Waals surface area contributed by atoms with Gasteiger partial charge in [0.1, 0.15) is 4.87 Å². The van der Waals surface area contributed by atoms with Gasteiger partial charge >= 0.3 is 5.97 Å². The lowest BCUT2D eigenvalue weighted by Gasteiger charge is -2.49. The molecule has 2 saturated carbocycles. The number of nitro benzene ring substituents is 1. The largest absolute Gasteiger partial charge is 0.464 e. The maximum absolute atomic E-state index is 12.3. The fourth-order valence-corrected chi connectivity index (χ4v) is 6.95. The summed E-state index contributed by atoms with van der Waals surface area (Å²) in [7, 11) is 1.36. The lowest BCUT2D eigenvalue weighted by molar-refractivity contribution is -0.384. The van der Waals surface area contributed by atoms with Crippen LogP contribution in [0, 0.1) is 26.9 Å². The van der Waals surface area contributed by atoms with Gasteiger partial charge in [-0.2, -0.15) is 5.10 Å². The zero-order valence-electron chi connectivity index (χ0n) is 15.9. The van der Waals surface area contributed by atoms with Crippen molar-refractivity contribution in [2.75, 3.05) is 12.1 Å². The topological polar surface area (TPSA) is 85.0 Å². The van der Waals surface area contributed by atoms with Crippen molar-refractivity contribution < 1.29 is 14.5 Å². The van der Waals surface area contributed by atoms with Crippen LogP contribution < -0.4 is 5.01 Å². The minimum atomic E-state index is -0.437. The molecular formula is C19H23N3O4S. The van der Waals surface area contributed by atoms with Crippen LogP contribution in [-0.2, 0) is 9.53 Å². The van der Waals surface area contributed by atoms with Gasteiger partial charge in [-0.1, -0.05) is 32.5 Å². The highest BCUT2D eigenvalue weighted by Gasteiger charge is 2.73. The van der Waals surface area contributed by atoms with Gasteiger partial charge in [-0.25, -0.2) is 9.80 Å². The van der Waals surface area contributed by atoms with E-state index in [1.165, 1.54) is 37.4 Å². The number of hydrogen-bond acceptors (Lipinski definition) is 7. The van der Waals surface area contributed by atoms with E-state index in [4.69, 9.17) is 4.74 Å². The Bertz CT molecular complexity index is 853. The average molecular weight is 389 g/mol. The smallest absolute Gasteiger partial charge is 0.365 e. The molecule has 3 atom stereocenters. The standard InChI is InChI=1S/C19H23N3O4S/c1-17(2)12-9-10-18(17,3)19(11-12)21(20-15(27-19)16(23)26-4)13-5-7-14(8-6-13)22(24)25/h5-8,12H,9-11H2,1-4H3/t12-,18-,19-/m1/s1. The average Bonchev–Trinajstić information content (AvgIpc) is 3.18. The van der Waals surface area contributed by atoms with E-state index in [-0.39, 0.29) is 21.4 Å². The number of nitrogens with zero attached hydrogens (tertiary/aromatic N) is 3. The molecule has 27 heavy (non-hydrogen) atoms. The van der Waals surface area contributed by atoms with Gasteiger partial charge < -0.3 is 4.74 Å². The first kappa shape index (κ1) is 18.3. The van der Waals surface area contributed by atoms with Crippen LogP contribution in [0.25, 0.3) is 0 Å². The number of thioether (sulfide) groups is 1. The van der Waals surface area contributed by atoms with Crippen molar-refractivity contribution in [1.29, 1.82) is 0 Å². The minimum Gasteiger partial charge on any atom is -0.464 e. The summed E-state index contributed by atoms with van der Waals surface area (Å²) in [5.41, 5.74) is 0.851. The maximum Gasteiger partial charge on any atom is 0.365 e. The number of nitro groups is 1. The molecule has 2 fully saturated rings. The second-order valence-corrected chi connectivity index (χ2v) is 9.63. The number of esters is 1. The van der Waals surface area contributed by atoms with Gasteiger partial charge in [-0.05, 0) is 42.7 Å². The fraction of sp³-hybridized carbons (Fsp3) is 0.579. The van der Waals surface area contributed by atoms with E-state index in [9.17, 15) is 14.9 Å². The quantitative estimate of drug-likeness (QED) is 0.438. The van der Waals surface area contributed by atoms with Gasteiger partial charge in [-0.15, -0.1) is 0 Å². The molecule has 0 N–H and O–H groups in total. The molecule has 1 aliphatic heterocycles. The second-order valence-electron chi connectivity index (χ2n) is 8.36. The van der Waals surface area contributed by atoms with E-state index >= 15 is 0 Å². The summed E-state index contributed by atoms with van der Waals surface area (Å²) in [6.45, 7) is 6.91. The molecule has 0 saturated heterocycles. The van der Waals surface area contributed by atoms with E-state index in [1.54, 1.807) is 12.1 Å². The van der Waals surface area contributed by atoms with Crippen LogP contribution in [-0.4, -0.2) is 27.9 Å². The Morgan fingerprint density at radius 3 is 2.48 bits per heavy atom. The Morgan fingerprint density at radius 1 is 1.33 bits per heavy atom. The van der Waals surface area contributed by atoms with Crippen molar-refractivity contribution >= 4 is 34.1 Å². The van der Waals surface area contributed by atoms with E-state index < -0.39 is 10.9 Å². The number of non-ortho nitro benzene ring substituents is 1. The number of rotatable bonds is 3. The highest BCUT2D eigenvalue weighted by molar-refractivity contribution is 8.17. The normalized spacial score (nSPS) is 33.4. The molecule has 0 radical (unpaired) electrons. The predicted octanol–water partition coefficient (Wildman–Crippen LogP) is 4.18. The third-order valence-electron chi connectivity index (χ3n) is 7.28. The number of carbonyl (C=O) groups excluding carboxylic acids is 1. The monoisotopic (exact) mass is 389 g/mol. The predicted molar refractivity (Wildman–Crippen MR) is 105 cm³/mol. The highest BCUT2D eigenvalue weighted by Crippen LogP contribution is 2.75. The summed E-state index contributed by atoms with van der Waals surface area (Å²) in [4.78, 5) is 22.5. The Kier molecular flexibility index (Phi) is 3.86. The van der Waals surface area contributed by atoms with Gasteiger partial charge in [0.2, 0.25) is 5.04 Å². The number of ether oxygens (including phenoxy) is 1. The van der Waals surface area contributed by atoms with Crippen molar-refractivity contribution in [3.63, 3.8) is 0 Å². The maximum atomic E-state index is 12.3. The van der Waals surface area contributed by atoms with E-state index in [0.717, 1.165) is 18.5 Å². The van der Waals surface area contributed by atoms with Crippen LogP contribution in [0.4, 0.5) is 11.4 Å². The molecule has 4 rings (SSSR count). The molecule has 0 amide bonds. The van der Waals surface area contributed by atoms with Crippen LogP contribution in [0.1, 0.15) is 40.0 Å². The van der Waals surface area contributed by atoms with Crippen LogP contribution in [0.5, 0.6) is 0 Å². The van der Waals surface area contributed by atoms with Crippen molar-refractivity contribution in [2.45, 2.75) is 44.9 Å². The first-order chi connectivity index (χ1) is 12.7. The van der Waals surface area contributed by atoms with Crippen LogP contribution in [0.15, 0.2) is 29.4 Å². The second kappa shape index (κ2) is 5.70. The van der Waals surface area contributed by atoms with Gasteiger partial charge in [-0.3, -0.25) is 10.1 Å². The summed E-state index contributed by atoms with van der Waals surface area (Å²) < 4.78 is 4.93. The van der Waals surface area contributed by atoms with E-state index in [0.29, 0.717) is 11.0 Å². The van der Waals surface area contributed by atoms with Gasteiger partial charge in [0.15, 0.2) is 0 Å². The molecule has 8 heteroatoms. The fourth-order valence-electron chi connectivity index (χ4n) is 5.23. The number of methoxy groups -OCH3 is 1. The van der Waals surface area contributed by atoms with Gasteiger partial charge in [0.05, 0.1) is 17.7 Å². The Labute approximate surface area is 162 Å². The molecule has 3 aliphatic rings. The number of hydrazone groups is 1. The molecule has 0 unspecified atom stereocenters. The number of benzene rings is 1. The van der Waals surface area contributed by atoms with Crippen molar-refractivity contribution in [3.8, 4) is 0 Å². The number of fused-ring (bicyclic) bond motifs is 3. The van der Waals surface area contributed by atoms with Crippen molar-refractivity contribution in [2.24, 2.45) is 21.8 Å². The minimum absolute atomic E-state index is 0.0382. The Morgan fingerprint density at radius 2 is 2.00 bits per heavy atom. The first-order valence-electron chi connectivity index (χ1n) is 9.07. The summed E-state index contributed by atoms with van der Waals surface area (Å²) in [6.07, 6.45) is 3.15. The summed E-state index contributed by atoms with van der Waals surface area (Å²) in [5, 5.41) is 17.9. The molecule has 1 aromatic carbocycles. The molecule has 2 bridgehead atoms. The number of hydrogen-bond donors (Lipinski definition) is 0. The third-order valence-corrected chi connectivity index (χ3v) is 8.85. The van der Waals surface area contributed by atoms with E-state index in [1.807, 2.05) is 5.01 Å². The molecule has 1 spiro atoms. The van der Waals surface area contributed by atoms with Crippen LogP contribution >= 0.6 is 11.8 Å². The summed E-state index contributed by atoms with van der Waals surface area (Å²) in [6, 6.07) is 6.40. The lowest BCUT2D eigenvalue weighted by Crippen LogP contribution is -2.53. The van der Waals surface area contributed by atoms with Crippen LogP contribution in [0.2, 0.25) is 0 Å². The lowest BCUT2D eigenvalue weighted by atomic mass is 9.68. The first-order valence-corrected chi connectivity index (χ1v) is 9.88. The zero-order valence-corrected chi connectivity index (χ0v) is 16.7. The van der Waals surface area contributed by atoms with Gasteiger partial charge in [0, 0.05) is 17.5 Å². The Balaban J connectivity index is 1.82. The highest BCUT2D eigenvalue weighted by atomic mass is 32.2. The molecule has 7 nitrogen and oxygen atoms in total. The number of carbonyl (C=O) groups is 1. The number of anilines is 1. The van der Waals surface area contributed by atoms with Gasteiger partial charge in [0.25, 0.3) is 5.69 Å². The molecule has 1 heterocycles. The molecular weight excluding hydrogens is 366 g/mol. The van der Waals surface area contributed by atoms with Crippen molar-refractivity contribution in [1.82, 2.24) is 0 Å². The molecule has 144 valence electrons. The van der Waals surface area contributed by atoms with Crippen molar-refractivity contribution in [3.05, 3.63) is 34.4 Å².